The Kier molecular flexibility index (Phi) is 1.08. The van der Waals surface area contributed by atoms with Crippen molar-refractivity contribution < 1.29 is 0 Å². The van der Waals surface area contributed by atoms with E-state index in [1.54, 1.807) is 0 Å². The summed E-state index contributed by atoms with van der Waals surface area (Å²) in [6.45, 7) is 7.33. The third kappa shape index (κ3) is 0.700. The van der Waals surface area contributed by atoms with E-state index in [2.05, 4.69) is 17.1 Å². The molecule has 0 radical (unpaired) electrons. The molecule has 0 amide bonds. The van der Waals surface area contributed by atoms with Crippen LogP contribution in [0, 0.1) is 0 Å². The molecule has 0 aliphatic carbocycles. The maximum atomic E-state index is 3.42. The van der Waals surface area contributed by atoms with E-state index < -0.39 is 0 Å². The van der Waals surface area contributed by atoms with Gasteiger partial charge >= 0.3 is 0 Å². The average molecular weight is 126 g/mol. The molecule has 1 atom stereocenters. The first-order valence-electron chi connectivity index (χ1n) is 3.77. The summed E-state index contributed by atoms with van der Waals surface area (Å²) < 4.78 is 0. The van der Waals surface area contributed by atoms with Gasteiger partial charge in [0.05, 0.1) is 0 Å². The highest BCUT2D eigenvalue weighted by Gasteiger charge is 2.41. The molecule has 2 rings (SSSR count). The van der Waals surface area contributed by atoms with Crippen LogP contribution in [0.4, 0.5) is 0 Å². The molecule has 1 unspecified atom stereocenters. The molecule has 52 valence electrons. The van der Waals surface area contributed by atoms with Gasteiger partial charge in [-0.1, -0.05) is 0 Å². The van der Waals surface area contributed by atoms with Gasteiger partial charge in [-0.05, 0) is 13.3 Å². The summed E-state index contributed by atoms with van der Waals surface area (Å²) in [4.78, 5) is 2.57. The minimum atomic E-state index is 0.540. The average Bonchev–Trinajstić information content (AvgIpc) is 1.82. The van der Waals surface area contributed by atoms with Crippen molar-refractivity contribution in [1.29, 1.82) is 0 Å². The van der Waals surface area contributed by atoms with E-state index >= 15 is 0 Å². The third-order valence-corrected chi connectivity index (χ3v) is 2.75. The van der Waals surface area contributed by atoms with E-state index in [-0.39, 0.29) is 0 Å². The van der Waals surface area contributed by atoms with Crippen molar-refractivity contribution in [3.63, 3.8) is 0 Å². The van der Waals surface area contributed by atoms with Crippen LogP contribution in [0.15, 0.2) is 0 Å². The quantitative estimate of drug-likeness (QED) is 0.493. The van der Waals surface area contributed by atoms with Crippen molar-refractivity contribution in [1.82, 2.24) is 10.2 Å². The zero-order valence-electron chi connectivity index (χ0n) is 5.98. The van der Waals surface area contributed by atoms with E-state index in [1.807, 2.05) is 0 Å². The van der Waals surface area contributed by atoms with Gasteiger partial charge in [0.1, 0.15) is 0 Å². The van der Waals surface area contributed by atoms with Crippen LogP contribution in [-0.4, -0.2) is 36.6 Å². The van der Waals surface area contributed by atoms with Gasteiger partial charge in [0.15, 0.2) is 0 Å². The van der Waals surface area contributed by atoms with Crippen molar-refractivity contribution in [2.75, 3.05) is 26.2 Å². The SMILES string of the molecule is CC12CCN1CCNC2. The molecule has 2 nitrogen and oxygen atoms in total. The van der Waals surface area contributed by atoms with Crippen LogP contribution in [0.2, 0.25) is 0 Å². The smallest absolute Gasteiger partial charge is 0.0318 e. The molecule has 2 heterocycles. The van der Waals surface area contributed by atoms with Crippen LogP contribution in [-0.2, 0) is 0 Å². The molecule has 1 N–H and O–H groups in total. The second-order valence-corrected chi connectivity index (χ2v) is 3.41. The molecule has 0 aromatic carbocycles. The molecule has 9 heavy (non-hydrogen) atoms. The molecule has 0 aromatic heterocycles. The van der Waals surface area contributed by atoms with Gasteiger partial charge < -0.3 is 5.32 Å². The van der Waals surface area contributed by atoms with Crippen LogP contribution < -0.4 is 5.32 Å². The summed E-state index contributed by atoms with van der Waals surface area (Å²) in [6.07, 6.45) is 1.39. The number of nitrogens with zero attached hydrogens (tertiary/aromatic N) is 1. The lowest BCUT2D eigenvalue weighted by Gasteiger charge is -2.54. The predicted molar refractivity (Wildman–Crippen MR) is 37.5 cm³/mol. The van der Waals surface area contributed by atoms with E-state index in [0.717, 1.165) is 0 Å². The standard InChI is InChI=1S/C7H14N2/c1-7-2-4-9(7)5-3-8-6-7/h8H,2-6H2,1H3. The fraction of sp³-hybridized carbons (Fsp3) is 1.00. The third-order valence-electron chi connectivity index (χ3n) is 2.75. The second-order valence-electron chi connectivity index (χ2n) is 3.41. The largest absolute Gasteiger partial charge is 0.314 e. The fourth-order valence-electron chi connectivity index (χ4n) is 1.81. The number of fused-ring (bicyclic) bond motifs is 1. The number of rotatable bonds is 0. The van der Waals surface area contributed by atoms with Gasteiger partial charge in [-0.3, -0.25) is 4.90 Å². The molecular weight excluding hydrogens is 112 g/mol. The molecule has 0 bridgehead atoms. The summed E-state index contributed by atoms with van der Waals surface area (Å²) in [5, 5.41) is 3.42. The van der Waals surface area contributed by atoms with Crippen LogP contribution in [0.3, 0.4) is 0 Å². The van der Waals surface area contributed by atoms with E-state index in [9.17, 15) is 0 Å². The summed E-state index contributed by atoms with van der Waals surface area (Å²) in [5.74, 6) is 0. The number of hydrogen-bond donors (Lipinski definition) is 1. The van der Waals surface area contributed by atoms with Gasteiger partial charge in [-0.25, -0.2) is 0 Å². The summed E-state index contributed by atoms with van der Waals surface area (Å²) in [6, 6.07) is 0. The Morgan fingerprint density at radius 2 is 2.33 bits per heavy atom. The minimum Gasteiger partial charge on any atom is -0.314 e. The van der Waals surface area contributed by atoms with Crippen molar-refractivity contribution in [2.45, 2.75) is 18.9 Å². The van der Waals surface area contributed by atoms with Crippen molar-refractivity contribution in [2.24, 2.45) is 0 Å². The molecule has 0 spiro atoms. The van der Waals surface area contributed by atoms with E-state index in [0.29, 0.717) is 5.54 Å². The Morgan fingerprint density at radius 3 is 2.67 bits per heavy atom. The van der Waals surface area contributed by atoms with E-state index in [4.69, 9.17) is 0 Å². The highest BCUT2D eigenvalue weighted by Crippen LogP contribution is 2.30. The van der Waals surface area contributed by atoms with Crippen LogP contribution in [0.25, 0.3) is 0 Å². The lowest BCUT2D eigenvalue weighted by molar-refractivity contribution is -0.0186. The van der Waals surface area contributed by atoms with Gasteiger partial charge in [0, 0.05) is 31.7 Å². The maximum Gasteiger partial charge on any atom is 0.0318 e. The summed E-state index contributed by atoms with van der Waals surface area (Å²) in [7, 11) is 0. The number of nitrogens with one attached hydrogen (secondary N) is 1. The lowest BCUT2D eigenvalue weighted by Crippen LogP contribution is -2.67. The number of hydrogen-bond acceptors (Lipinski definition) is 2. The van der Waals surface area contributed by atoms with Crippen LogP contribution >= 0.6 is 0 Å². The Labute approximate surface area is 56.2 Å². The molecule has 0 saturated carbocycles. The number of piperazine rings is 1. The summed E-state index contributed by atoms with van der Waals surface area (Å²) in [5.41, 5.74) is 0.540. The Hall–Kier alpha value is -0.0800. The van der Waals surface area contributed by atoms with Gasteiger partial charge in [-0.2, -0.15) is 0 Å². The minimum absolute atomic E-state index is 0.540. The van der Waals surface area contributed by atoms with Crippen molar-refractivity contribution in [3.05, 3.63) is 0 Å². The highest BCUT2D eigenvalue weighted by molar-refractivity contribution is 5.00. The first-order valence-corrected chi connectivity index (χ1v) is 3.77. The maximum absolute atomic E-state index is 3.42. The van der Waals surface area contributed by atoms with Crippen LogP contribution in [0.1, 0.15) is 13.3 Å². The molecule has 2 heteroatoms. The normalized spacial score (nSPS) is 43.7. The second kappa shape index (κ2) is 1.70. The molecular formula is C7H14N2. The van der Waals surface area contributed by atoms with Gasteiger partial charge in [-0.15, -0.1) is 0 Å². The zero-order valence-corrected chi connectivity index (χ0v) is 5.98. The van der Waals surface area contributed by atoms with Crippen molar-refractivity contribution in [3.8, 4) is 0 Å². The van der Waals surface area contributed by atoms with Crippen molar-refractivity contribution >= 4 is 0 Å². The van der Waals surface area contributed by atoms with Gasteiger partial charge in [0.2, 0.25) is 0 Å². The zero-order chi connectivity index (χ0) is 6.32. The Bertz CT molecular complexity index is 124. The first-order chi connectivity index (χ1) is 4.31. The molecule has 2 fully saturated rings. The first kappa shape index (κ1) is 5.69. The van der Waals surface area contributed by atoms with E-state index in [1.165, 1.54) is 32.6 Å². The van der Waals surface area contributed by atoms with Crippen LogP contribution in [0.5, 0.6) is 0 Å². The molecule has 2 aliphatic rings. The lowest BCUT2D eigenvalue weighted by atomic mass is 9.85. The molecule has 0 aromatic rings. The topological polar surface area (TPSA) is 15.3 Å². The molecule has 2 saturated heterocycles. The van der Waals surface area contributed by atoms with Gasteiger partial charge in [0.25, 0.3) is 0 Å². The Balaban J connectivity index is 2.05. The monoisotopic (exact) mass is 126 g/mol. The Morgan fingerprint density at radius 1 is 1.44 bits per heavy atom. The fourth-order valence-corrected chi connectivity index (χ4v) is 1.81. The predicted octanol–water partition coefficient (Wildman–Crippen LogP) is 0.0540. The summed E-state index contributed by atoms with van der Waals surface area (Å²) >= 11 is 0. The highest BCUT2D eigenvalue weighted by atomic mass is 15.3. The molecule has 2 aliphatic heterocycles.